The molecule has 0 saturated heterocycles. The van der Waals surface area contributed by atoms with E-state index >= 15 is 0 Å². The zero-order chi connectivity index (χ0) is 17.4. The van der Waals surface area contributed by atoms with Gasteiger partial charge in [0.15, 0.2) is 0 Å². The Balaban J connectivity index is -0.000000115. The zero-order valence-corrected chi connectivity index (χ0v) is 15.3. The van der Waals surface area contributed by atoms with Gasteiger partial charge in [0.2, 0.25) is 0 Å². The monoisotopic (exact) mass is 309 g/mol. The zero-order valence-electron chi connectivity index (χ0n) is 15.3. The molecule has 7 heteroatoms. The molecule has 0 amide bonds. The number of hydrogen-bond acceptors (Lipinski definition) is 7. The Hall–Kier alpha value is -0.280. The van der Waals surface area contributed by atoms with Gasteiger partial charge in [0.05, 0.1) is 0 Å². The Morgan fingerprint density at radius 2 is 1.29 bits per heavy atom. The lowest BCUT2D eigenvalue weighted by Crippen LogP contribution is -2.32. The number of rotatable bonds is 10. The maximum absolute atomic E-state index is 5.19. The smallest absolute Gasteiger partial charge is 0.0428 e. The maximum atomic E-state index is 5.19. The molecule has 0 atom stereocenters. The van der Waals surface area contributed by atoms with E-state index in [-0.39, 0.29) is 0 Å². The van der Waals surface area contributed by atoms with Crippen molar-refractivity contribution in [1.29, 1.82) is 0 Å². The van der Waals surface area contributed by atoms with Gasteiger partial charge in [0.1, 0.15) is 0 Å². The van der Waals surface area contributed by atoms with Crippen molar-refractivity contribution >= 4 is 0 Å². The molecule has 0 aromatic carbocycles. The van der Waals surface area contributed by atoms with E-state index in [1.165, 1.54) is 7.05 Å². The molecule has 7 nitrogen and oxygen atoms in total. The third kappa shape index (κ3) is 45.1. The lowest BCUT2D eigenvalue weighted by molar-refractivity contribution is 0.336. The minimum atomic E-state index is 0.556. The third-order valence-electron chi connectivity index (χ3n) is 2.19. The van der Waals surface area contributed by atoms with E-state index < -0.39 is 0 Å². The van der Waals surface area contributed by atoms with Gasteiger partial charge in [-0.05, 0) is 47.7 Å². The van der Waals surface area contributed by atoms with Crippen molar-refractivity contribution in [2.45, 2.75) is 20.3 Å². The van der Waals surface area contributed by atoms with Crippen LogP contribution in [-0.2, 0) is 0 Å². The number of hydrogen-bond donors (Lipinski definition) is 6. The summed E-state index contributed by atoms with van der Waals surface area (Å²) in [6.45, 7) is 10.6. The maximum Gasteiger partial charge on any atom is 0.0428 e. The largest absolute Gasteiger partial charge is 0.333 e. The highest BCUT2D eigenvalue weighted by atomic mass is 15.1. The fraction of sp³-hybridized carbons (Fsp3) is 1.00. The Bertz CT molecular complexity index is 114. The van der Waals surface area contributed by atoms with Crippen LogP contribution in [0.4, 0.5) is 0 Å². The van der Waals surface area contributed by atoms with Crippen molar-refractivity contribution < 1.29 is 0 Å². The van der Waals surface area contributed by atoms with Crippen LogP contribution in [0, 0.1) is 0 Å². The third-order valence-corrected chi connectivity index (χ3v) is 2.19. The standard InChI is InChI=1S/C7H19N3.C4H13N3.C2H6.CH5N/c1-8-4-6-10(3)7-5-9-2;5-2-1-3-7-4-6;2*1-2/h8-9H,4-7H2,1-3H3;7H,1-6H2;1-2H3;2H2,1H3. The van der Waals surface area contributed by atoms with Crippen LogP contribution in [0.1, 0.15) is 20.3 Å². The van der Waals surface area contributed by atoms with Crippen molar-refractivity contribution in [2.75, 3.05) is 74.1 Å². The fourth-order valence-electron chi connectivity index (χ4n) is 1.05. The van der Waals surface area contributed by atoms with E-state index in [4.69, 9.17) is 11.5 Å². The molecule has 0 aromatic rings. The van der Waals surface area contributed by atoms with Gasteiger partial charge in [0.25, 0.3) is 0 Å². The van der Waals surface area contributed by atoms with Gasteiger partial charge in [-0.3, -0.25) is 0 Å². The van der Waals surface area contributed by atoms with Crippen LogP contribution in [0.15, 0.2) is 0 Å². The highest BCUT2D eigenvalue weighted by molar-refractivity contribution is 4.53. The molecule has 0 saturated carbocycles. The molecule has 0 aliphatic rings. The Morgan fingerprint density at radius 3 is 1.57 bits per heavy atom. The molecular weight excluding hydrogens is 266 g/mol. The van der Waals surface area contributed by atoms with Crippen molar-refractivity contribution in [3.05, 3.63) is 0 Å². The predicted molar refractivity (Wildman–Crippen MR) is 97.5 cm³/mol. The van der Waals surface area contributed by atoms with Crippen molar-refractivity contribution in [3.63, 3.8) is 0 Å². The number of nitrogens with two attached hydrogens (primary N) is 3. The molecule has 0 rings (SSSR count). The van der Waals surface area contributed by atoms with E-state index in [2.05, 4.69) is 33.6 Å². The second-order valence-corrected chi connectivity index (χ2v) is 3.86. The average molecular weight is 310 g/mol. The first-order valence-electron chi connectivity index (χ1n) is 7.89. The Kier molecular flexibility index (Phi) is 50.4. The summed E-state index contributed by atoms with van der Waals surface area (Å²) in [7, 11) is 7.59. The van der Waals surface area contributed by atoms with Gasteiger partial charge in [0, 0.05) is 32.8 Å². The minimum absolute atomic E-state index is 0.556. The van der Waals surface area contributed by atoms with E-state index in [9.17, 15) is 0 Å². The van der Waals surface area contributed by atoms with Gasteiger partial charge in [-0.15, -0.1) is 0 Å². The lowest BCUT2D eigenvalue weighted by atomic mass is 10.4. The topological polar surface area (TPSA) is 117 Å². The Labute approximate surface area is 133 Å². The van der Waals surface area contributed by atoms with E-state index in [0.29, 0.717) is 6.67 Å². The SMILES string of the molecule is CC.CN.CNCCN(C)CCNC.NCCCNCN. The van der Waals surface area contributed by atoms with Gasteiger partial charge >= 0.3 is 0 Å². The summed E-state index contributed by atoms with van der Waals surface area (Å²) in [4.78, 5) is 2.30. The van der Waals surface area contributed by atoms with Crippen LogP contribution < -0.4 is 33.2 Å². The molecule has 9 N–H and O–H groups in total. The average Bonchev–Trinajstić information content (AvgIpc) is 2.56. The van der Waals surface area contributed by atoms with Crippen molar-refractivity contribution in [1.82, 2.24) is 20.9 Å². The summed E-state index contributed by atoms with van der Waals surface area (Å²) in [6.07, 6.45) is 1.01. The summed E-state index contributed by atoms with van der Waals surface area (Å²) in [5, 5.41) is 9.17. The van der Waals surface area contributed by atoms with Crippen LogP contribution in [0.2, 0.25) is 0 Å². The second-order valence-electron chi connectivity index (χ2n) is 3.86. The lowest BCUT2D eigenvalue weighted by Gasteiger charge is -2.15. The van der Waals surface area contributed by atoms with Crippen LogP contribution in [0.5, 0.6) is 0 Å². The first kappa shape index (κ1) is 28.8. The van der Waals surface area contributed by atoms with Crippen molar-refractivity contribution in [2.24, 2.45) is 17.2 Å². The van der Waals surface area contributed by atoms with Gasteiger partial charge in [-0.2, -0.15) is 0 Å². The molecule has 0 bridgehead atoms. The van der Waals surface area contributed by atoms with Gasteiger partial charge in [-0.1, -0.05) is 13.8 Å². The van der Waals surface area contributed by atoms with E-state index in [0.717, 1.165) is 45.7 Å². The quantitative estimate of drug-likeness (QED) is 0.222. The molecule has 0 aliphatic heterocycles. The molecule has 21 heavy (non-hydrogen) atoms. The van der Waals surface area contributed by atoms with Gasteiger partial charge in [-0.25, -0.2) is 0 Å². The van der Waals surface area contributed by atoms with Crippen LogP contribution in [-0.4, -0.2) is 79.0 Å². The highest BCUT2D eigenvalue weighted by Gasteiger charge is 1.93. The molecule has 0 fully saturated rings. The summed E-state index contributed by atoms with van der Waals surface area (Å²) in [5.74, 6) is 0. The molecule has 0 aliphatic carbocycles. The first-order chi connectivity index (χ1) is 10.2. The fourth-order valence-corrected chi connectivity index (χ4v) is 1.05. The summed E-state index contributed by atoms with van der Waals surface area (Å²) >= 11 is 0. The number of nitrogens with one attached hydrogen (secondary N) is 3. The van der Waals surface area contributed by atoms with Crippen LogP contribution in [0.25, 0.3) is 0 Å². The summed E-state index contributed by atoms with van der Waals surface area (Å²) in [6, 6.07) is 0. The molecule has 134 valence electrons. The normalized spacial score (nSPS) is 8.86. The Morgan fingerprint density at radius 1 is 0.857 bits per heavy atom. The molecule has 0 radical (unpaired) electrons. The summed E-state index contributed by atoms with van der Waals surface area (Å²) < 4.78 is 0. The summed E-state index contributed by atoms with van der Waals surface area (Å²) in [5.41, 5.74) is 14.8. The van der Waals surface area contributed by atoms with Gasteiger partial charge < -0.3 is 38.1 Å². The first-order valence-corrected chi connectivity index (χ1v) is 7.89. The molecule has 0 aromatic heterocycles. The minimum Gasteiger partial charge on any atom is -0.333 e. The molecule has 0 spiro atoms. The number of nitrogens with zero attached hydrogens (tertiary/aromatic N) is 1. The van der Waals surface area contributed by atoms with Crippen LogP contribution in [0.3, 0.4) is 0 Å². The number of likely N-dealkylation sites (N-methyl/N-ethyl adjacent to an activating group) is 3. The molecule has 0 unspecified atom stereocenters. The van der Waals surface area contributed by atoms with E-state index in [1.54, 1.807) is 0 Å². The molecule has 0 heterocycles. The van der Waals surface area contributed by atoms with Crippen LogP contribution >= 0.6 is 0 Å². The highest BCUT2D eigenvalue weighted by Crippen LogP contribution is 1.76. The van der Waals surface area contributed by atoms with Crippen molar-refractivity contribution in [3.8, 4) is 0 Å². The van der Waals surface area contributed by atoms with E-state index in [1.807, 2.05) is 27.9 Å². The predicted octanol–water partition coefficient (Wildman–Crippen LogP) is -1.20. The second kappa shape index (κ2) is 36.7. The molecular formula is C14H43N7.